The summed E-state index contributed by atoms with van der Waals surface area (Å²) in [6.07, 6.45) is 6.77. The van der Waals surface area contributed by atoms with Gasteiger partial charge in [0.15, 0.2) is 0 Å². The first-order valence-corrected chi connectivity index (χ1v) is 7.17. The van der Waals surface area contributed by atoms with Crippen molar-refractivity contribution in [3.8, 4) is 0 Å². The number of hydrogen-bond acceptors (Lipinski definition) is 3. The molecule has 0 aromatic rings. The average Bonchev–Trinajstić information content (AvgIpc) is 2.75. The monoisotopic (exact) mass is 228 g/mol. The first kappa shape index (κ1) is 11.3. The van der Waals surface area contributed by atoms with Gasteiger partial charge in [0.1, 0.15) is 0 Å². The van der Waals surface area contributed by atoms with Crippen molar-refractivity contribution in [3.05, 3.63) is 0 Å². The number of carbonyl (C=O) groups excluding carboxylic acids is 1. The van der Waals surface area contributed by atoms with Gasteiger partial charge in [-0.1, -0.05) is 12.8 Å². The molecule has 2 rings (SSSR count). The predicted molar refractivity (Wildman–Crippen MR) is 63.9 cm³/mol. The number of nitrogens with one attached hydrogen (secondary N) is 1. The quantitative estimate of drug-likeness (QED) is 0.793. The standard InChI is InChI=1S/C11H20N2OS/c1-9-12-11(5-3-4-6-11)10(14)13(9)7-8-15-2/h9,12H,3-8H2,1-2H3. The Morgan fingerprint density at radius 2 is 2.20 bits per heavy atom. The van der Waals surface area contributed by atoms with E-state index in [4.69, 9.17) is 0 Å². The van der Waals surface area contributed by atoms with Crippen LogP contribution in [0, 0.1) is 0 Å². The van der Waals surface area contributed by atoms with Crippen LogP contribution in [0.1, 0.15) is 32.6 Å². The Bertz CT molecular complexity index is 251. The smallest absolute Gasteiger partial charge is 0.244 e. The van der Waals surface area contributed by atoms with Crippen LogP contribution in [0.2, 0.25) is 0 Å². The highest BCUT2D eigenvalue weighted by molar-refractivity contribution is 7.98. The molecule has 86 valence electrons. The highest BCUT2D eigenvalue weighted by Crippen LogP contribution is 2.36. The molecule has 2 fully saturated rings. The molecule has 2 aliphatic rings. The molecule has 0 aromatic carbocycles. The van der Waals surface area contributed by atoms with Crippen molar-refractivity contribution in [1.29, 1.82) is 0 Å². The topological polar surface area (TPSA) is 32.3 Å². The summed E-state index contributed by atoms with van der Waals surface area (Å²) < 4.78 is 0. The lowest BCUT2D eigenvalue weighted by Crippen LogP contribution is -2.44. The molecule has 0 radical (unpaired) electrons. The van der Waals surface area contributed by atoms with Gasteiger partial charge in [0.2, 0.25) is 5.91 Å². The van der Waals surface area contributed by atoms with Crippen LogP contribution < -0.4 is 5.32 Å². The second kappa shape index (κ2) is 4.34. The van der Waals surface area contributed by atoms with E-state index < -0.39 is 0 Å². The second-order valence-corrected chi connectivity index (χ2v) is 5.59. The maximum atomic E-state index is 12.3. The van der Waals surface area contributed by atoms with Crippen molar-refractivity contribution in [2.75, 3.05) is 18.6 Å². The van der Waals surface area contributed by atoms with Crippen LogP contribution in [0.3, 0.4) is 0 Å². The number of amides is 1. The Balaban J connectivity index is 2.05. The number of rotatable bonds is 3. The van der Waals surface area contributed by atoms with Gasteiger partial charge < -0.3 is 4.90 Å². The highest BCUT2D eigenvalue weighted by Gasteiger charge is 2.50. The van der Waals surface area contributed by atoms with Crippen molar-refractivity contribution < 1.29 is 4.79 Å². The minimum absolute atomic E-state index is 0.183. The van der Waals surface area contributed by atoms with Crippen molar-refractivity contribution >= 4 is 17.7 Å². The molecule has 1 aliphatic carbocycles. The van der Waals surface area contributed by atoms with E-state index in [0.29, 0.717) is 5.91 Å². The Labute approximate surface area is 96.0 Å². The van der Waals surface area contributed by atoms with E-state index in [9.17, 15) is 4.79 Å². The first-order chi connectivity index (χ1) is 7.19. The molecular formula is C11H20N2OS. The third-order valence-corrected chi connectivity index (χ3v) is 4.21. The van der Waals surface area contributed by atoms with Crippen molar-refractivity contribution in [2.45, 2.75) is 44.3 Å². The van der Waals surface area contributed by atoms with E-state index in [2.05, 4.69) is 18.5 Å². The second-order valence-electron chi connectivity index (χ2n) is 4.60. The first-order valence-electron chi connectivity index (χ1n) is 5.77. The molecule has 4 heteroatoms. The minimum atomic E-state index is -0.183. The van der Waals surface area contributed by atoms with Gasteiger partial charge in [0.05, 0.1) is 11.7 Å². The van der Waals surface area contributed by atoms with E-state index in [1.165, 1.54) is 12.8 Å². The summed E-state index contributed by atoms with van der Waals surface area (Å²) in [5.41, 5.74) is -0.183. The number of hydrogen-bond donors (Lipinski definition) is 1. The Hall–Kier alpha value is -0.220. The number of carbonyl (C=O) groups is 1. The molecule has 1 unspecified atom stereocenters. The molecule has 1 N–H and O–H groups in total. The van der Waals surface area contributed by atoms with Gasteiger partial charge in [0, 0.05) is 12.3 Å². The van der Waals surface area contributed by atoms with Crippen LogP contribution in [-0.4, -0.2) is 41.1 Å². The summed E-state index contributed by atoms with van der Waals surface area (Å²) >= 11 is 1.80. The number of nitrogens with zero attached hydrogens (tertiary/aromatic N) is 1. The fourth-order valence-electron chi connectivity index (χ4n) is 2.81. The van der Waals surface area contributed by atoms with Crippen LogP contribution in [0.4, 0.5) is 0 Å². The van der Waals surface area contributed by atoms with E-state index in [1.807, 2.05) is 4.90 Å². The fraction of sp³-hybridized carbons (Fsp3) is 0.909. The van der Waals surface area contributed by atoms with Crippen LogP contribution in [-0.2, 0) is 4.79 Å². The van der Waals surface area contributed by atoms with Crippen LogP contribution >= 0.6 is 11.8 Å². The lowest BCUT2D eigenvalue weighted by atomic mass is 9.98. The Kier molecular flexibility index (Phi) is 3.26. The van der Waals surface area contributed by atoms with Gasteiger partial charge in [0.25, 0.3) is 0 Å². The zero-order chi connectivity index (χ0) is 10.9. The lowest BCUT2D eigenvalue weighted by Gasteiger charge is -2.21. The number of thioether (sulfide) groups is 1. The van der Waals surface area contributed by atoms with Crippen molar-refractivity contribution in [3.63, 3.8) is 0 Å². The maximum Gasteiger partial charge on any atom is 0.244 e. The molecule has 1 saturated carbocycles. The van der Waals surface area contributed by atoms with Crippen molar-refractivity contribution in [1.82, 2.24) is 10.2 Å². The molecule has 1 saturated heterocycles. The van der Waals surface area contributed by atoms with Gasteiger partial charge in [-0.3, -0.25) is 10.1 Å². The van der Waals surface area contributed by atoms with Gasteiger partial charge in [-0.2, -0.15) is 11.8 Å². The molecule has 0 bridgehead atoms. The largest absolute Gasteiger partial charge is 0.325 e. The predicted octanol–water partition coefficient (Wildman–Crippen LogP) is 1.44. The van der Waals surface area contributed by atoms with Gasteiger partial charge in [-0.25, -0.2) is 0 Å². The lowest BCUT2D eigenvalue weighted by molar-refractivity contribution is -0.132. The zero-order valence-electron chi connectivity index (χ0n) is 9.58. The molecule has 1 aliphatic heterocycles. The van der Waals surface area contributed by atoms with Gasteiger partial charge in [-0.15, -0.1) is 0 Å². The third kappa shape index (κ3) is 1.89. The minimum Gasteiger partial charge on any atom is -0.325 e. The summed E-state index contributed by atoms with van der Waals surface area (Å²) in [5, 5.41) is 3.51. The molecule has 1 heterocycles. The zero-order valence-corrected chi connectivity index (χ0v) is 10.4. The van der Waals surface area contributed by atoms with E-state index >= 15 is 0 Å². The van der Waals surface area contributed by atoms with Crippen LogP contribution in [0.25, 0.3) is 0 Å². The Morgan fingerprint density at radius 3 is 2.80 bits per heavy atom. The maximum absolute atomic E-state index is 12.3. The molecule has 3 nitrogen and oxygen atoms in total. The van der Waals surface area contributed by atoms with Crippen LogP contribution in [0.5, 0.6) is 0 Å². The molecule has 15 heavy (non-hydrogen) atoms. The molecular weight excluding hydrogens is 208 g/mol. The molecule has 1 spiro atoms. The average molecular weight is 228 g/mol. The summed E-state index contributed by atoms with van der Waals surface area (Å²) in [6, 6.07) is 0. The Morgan fingerprint density at radius 1 is 1.53 bits per heavy atom. The molecule has 1 amide bonds. The summed E-state index contributed by atoms with van der Waals surface area (Å²) in [7, 11) is 0. The van der Waals surface area contributed by atoms with E-state index in [1.54, 1.807) is 11.8 Å². The third-order valence-electron chi connectivity index (χ3n) is 3.62. The van der Waals surface area contributed by atoms with Gasteiger partial charge >= 0.3 is 0 Å². The van der Waals surface area contributed by atoms with Gasteiger partial charge in [-0.05, 0) is 26.0 Å². The molecule has 1 atom stereocenters. The summed E-state index contributed by atoms with van der Waals surface area (Å²) in [6.45, 7) is 2.99. The van der Waals surface area contributed by atoms with E-state index in [0.717, 1.165) is 25.1 Å². The highest BCUT2D eigenvalue weighted by atomic mass is 32.2. The summed E-state index contributed by atoms with van der Waals surface area (Å²) in [5.74, 6) is 1.38. The van der Waals surface area contributed by atoms with Crippen molar-refractivity contribution in [2.24, 2.45) is 0 Å². The SMILES string of the molecule is CSCCN1C(=O)C2(CCCC2)NC1C. The fourth-order valence-corrected chi connectivity index (χ4v) is 3.19. The van der Waals surface area contributed by atoms with Crippen LogP contribution in [0.15, 0.2) is 0 Å². The van der Waals surface area contributed by atoms with E-state index in [-0.39, 0.29) is 11.7 Å². The molecule has 0 aromatic heterocycles. The normalized spacial score (nSPS) is 29.3. The summed E-state index contributed by atoms with van der Waals surface area (Å²) in [4.78, 5) is 14.3.